The molecule has 1 fully saturated rings. The molecule has 4 rings (SSSR count). The van der Waals surface area contributed by atoms with E-state index in [1.54, 1.807) is 29.1 Å². The zero-order valence-electron chi connectivity index (χ0n) is 13.6. The summed E-state index contributed by atoms with van der Waals surface area (Å²) in [4.78, 5) is 16.0. The van der Waals surface area contributed by atoms with Crippen molar-refractivity contribution in [3.63, 3.8) is 0 Å². The molecular formula is C17H16FN5O2. The summed E-state index contributed by atoms with van der Waals surface area (Å²) >= 11 is 0. The van der Waals surface area contributed by atoms with Crippen LogP contribution in [0.4, 0.5) is 4.39 Å². The van der Waals surface area contributed by atoms with E-state index in [-0.39, 0.29) is 17.9 Å². The normalized spacial score (nSPS) is 15.1. The van der Waals surface area contributed by atoms with Crippen molar-refractivity contribution < 1.29 is 13.6 Å². The Hall–Kier alpha value is -3.03. The molecule has 1 N–H and O–H groups in total. The highest BCUT2D eigenvalue weighted by Crippen LogP contribution is 2.46. The third-order valence-electron chi connectivity index (χ3n) is 4.38. The summed E-state index contributed by atoms with van der Waals surface area (Å²) in [5, 5.41) is 10.4. The lowest BCUT2D eigenvalue weighted by atomic mass is 10.1. The van der Waals surface area contributed by atoms with Crippen molar-refractivity contribution in [2.75, 3.05) is 0 Å². The highest BCUT2D eigenvalue weighted by Gasteiger charge is 2.44. The van der Waals surface area contributed by atoms with E-state index in [0.717, 1.165) is 12.8 Å². The first-order chi connectivity index (χ1) is 12.0. The lowest BCUT2D eigenvalue weighted by molar-refractivity contribution is 0.0913. The topological polar surface area (TPSA) is 85.8 Å². The number of halogens is 1. The van der Waals surface area contributed by atoms with Gasteiger partial charge in [-0.1, -0.05) is 13.0 Å². The fourth-order valence-electron chi connectivity index (χ4n) is 2.49. The molecule has 1 amide bonds. The standard InChI is InChI=1S/C17H16FN5O2/c1-17(4-5-17)16-22-21-15(25-16)14(24)20-9-11-2-3-13(12(18)8-11)23-7-6-19-10-23/h2-3,6-8,10H,4-5,9H2,1H3,(H,20,24). The second kappa shape index (κ2) is 5.80. The number of hydrogen-bond donors (Lipinski definition) is 1. The Morgan fingerprint density at radius 1 is 1.40 bits per heavy atom. The molecular weight excluding hydrogens is 325 g/mol. The number of benzene rings is 1. The number of carbonyl (C=O) groups excluding carboxylic acids is 1. The Bertz CT molecular complexity index is 915. The van der Waals surface area contributed by atoms with Gasteiger partial charge in [-0.2, -0.15) is 0 Å². The van der Waals surface area contributed by atoms with Crippen molar-refractivity contribution >= 4 is 5.91 Å². The van der Waals surface area contributed by atoms with Crippen molar-refractivity contribution in [2.24, 2.45) is 0 Å². The van der Waals surface area contributed by atoms with Crippen molar-refractivity contribution in [2.45, 2.75) is 31.7 Å². The fraction of sp³-hybridized carbons (Fsp3) is 0.294. The first kappa shape index (κ1) is 15.5. The number of nitrogens with one attached hydrogen (secondary N) is 1. The molecule has 1 aromatic carbocycles. The number of aromatic nitrogens is 4. The summed E-state index contributed by atoms with van der Waals surface area (Å²) in [5.41, 5.74) is 0.938. The Kier molecular flexibility index (Phi) is 3.60. The maximum absolute atomic E-state index is 14.2. The highest BCUT2D eigenvalue weighted by atomic mass is 19.1. The number of imidazole rings is 1. The molecule has 0 spiro atoms. The first-order valence-electron chi connectivity index (χ1n) is 7.94. The van der Waals surface area contributed by atoms with Crippen LogP contribution in [0.25, 0.3) is 5.69 Å². The van der Waals surface area contributed by atoms with Gasteiger partial charge in [0.25, 0.3) is 0 Å². The van der Waals surface area contributed by atoms with E-state index in [0.29, 0.717) is 17.1 Å². The van der Waals surface area contributed by atoms with Crippen LogP contribution in [0.15, 0.2) is 41.3 Å². The van der Waals surface area contributed by atoms with Crippen molar-refractivity contribution in [1.82, 2.24) is 25.1 Å². The molecule has 1 aliphatic carbocycles. The maximum Gasteiger partial charge on any atom is 0.309 e. The van der Waals surface area contributed by atoms with Gasteiger partial charge < -0.3 is 14.3 Å². The molecule has 8 heteroatoms. The molecule has 0 aliphatic heterocycles. The molecule has 1 saturated carbocycles. The number of amides is 1. The largest absolute Gasteiger partial charge is 0.416 e. The smallest absolute Gasteiger partial charge is 0.309 e. The first-order valence-corrected chi connectivity index (χ1v) is 7.94. The molecule has 3 aromatic rings. The Labute approximate surface area is 142 Å². The summed E-state index contributed by atoms with van der Waals surface area (Å²) in [6.07, 6.45) is 6.73. The average molecular weight is 341 g/mol. The second-order valence-electron chi connectivity index (χ2n) is 6.41. The Balaban J connectivity index is 1.42. The van der Waals surface area contributed by atoms with Crippen LogP contribution in [0.1, 0.15) is 41.9 Å². The zero-order chi connectivity index (χ0) is 17.4. The van der Waals surface area contributed by atoms with Crippen LogP contribution in [0.3, 0.4) is 0 Å². The molecule has 0 bridgehead atoms. The van der Waals surface area contributed by atoms with Gasteiger partial charge in [0.1, 0.15) is 5.82 Å². The van der Waals surface area contributed by atoms with Gasteiger partial charge in [-0.3, -0.25) is 4.79 Å². The minimum absolute atomic E-state index is 0.0707. The number of hydrogen-bond acceptors (Lipinski definition) is 5. The van der Waals surface area contributed by atoms with Crippen LogP contribution in [-0.2, 0) is 12.0 Å². The zero-order valence-corrected chi connectivity index (χ0v) is 13.6. The molecule has 2 heterocycles. The van der Waals surface area contributed by atoms with Gasteiger partial charge in [0.2, 0.25) is 5.89 Å². The van der Waals surface area contributed by atoms with Crippen LogP contribution in [-0.4, -0.2) is 25.7 Å². The van der Waals surface area contributed by atoms with E-state index in [2.05, 4.69) is 20.5 Å². The third-order valence-corrected chi connectivity index (χ3v) is 4.38. The summed E-state index contributed by atoms with van der Waals surface area (Å²) in [7, 11) is 0. The molecule has 1 aliphatic rings. The van der Waals surface area contributed by atoms with Gasteiger partial charge in [-0.15, -0.1) is 10.2 Å². The lowest BCUT2D eigenvalue weighted by Gasteiger charge is -2.07. The predicted octanol–water partition coefficient (Wildman–Crippen LogP) is 2.38. The van der Waals surface area contributed by atoms with Crippen LogP contribution in [0, 0.1) is 5.82 Å². The Morgan fingerprint density at radius 2 is 2.24 bits per heavy atom. The van der Waals surface area contributed by atoms with E-state index in [9.17, 15) is 9.18 Å². The highest BCUT2D eigenvalue weighted by molar-refractivity contribution is 5.89. The minimum Gasteiger partial charge on any atom is -0.416 e. The van der Waals surface area contributed by atoms with Gasteiger partial charge >= 0.3 is 11.8 Å². The molecule has 25 heavy (non-hydrogen) atoms. The number of carbonyl (C=O) groups is 1. The Morgan fingerprint density at radius 3 is 2.92 bits per heavy atom. The van der Waals surface area contributed by atoms with E-state index < -0.39 is 11.7 Å². The molecule has 0 atom stereocenters. The third kappa shape index (κ3) is 3.02. The van der Waals surface area contributed by atoms with E-state index >= 15 is 0 Å². The van der Waals surface area contributed by atoms with E-state index in [1.807, 2.05) is 6.92 Å². The SMILES string of the molecule is CC1(c2nnc(C(=O)NCc3ccc(-n4ccnc4)c(F)c3)o2)CC1. The van der Waals surface area contributed by atoms with Gasteiger partial charge in [-0.25, -0.2) is 9.37 Å². The van der Waals surface area contributed by atoms with Crippen molar-refractivity contribution in [3.8, 4) is 5.69 Å². The van der Waals surface area contributed by atoms with Gasteiger partial charge in [-0.05, 0) is 30.5 Å². The fourth-order valence-corrected chi connectivity index (χ4v) is 2.49. The van der Waals surface area contributed by atoms with Crippen molar-refractivity contribution in [1.29, 1.82) is 0 Å². The van der Waals surface area contributed by atoms with Gasteiger partial charge in [0.15, 0.2) is 0 Å². The summed E-state index contributed by atoms with van der Waals surface area (Å²) in [6.45, 7) is 2.18. The van der Waals surface area contributed by atoms with E-state index in [1.165, 1.54) is 12.4 Å². The lowest BCUT2D eigenvalue weighted by Crippen LogP contribution is -2.23. The quantitative estimate of drug-likeness (QED) is 0.770. The molecule has 0 unspecified atom stereocenters. The number of rotatable bonds is 5. The van der Waals surface area contributed by atoms with Crippen molar-refractivity contribution in [3.05, 3.63) is 60.1 Å². The minimum atomic E-state index is -0.470. The summed E-state index contributed by atoms with van der Waals surface area (Å²) < 4.78 is 21.2. The van der Waals surface area contributed by atoms with Crippen LogP contribution < -0.4 is 5.32 Å². The molecule has 0 saturated heterocycles. The summed E-state index contributed by atoms with van der Waals surface area (Å²) in [6, 6.07) is 4.75. The van der Waals surface area contributed by atoms with Gasteiger partial charge in [0, 0.05) is 24.4 Å². The van der Waals surface area contributed by atoms with Crippen LogP contribution >= 0.6 is 0 Å². The molecule has 0 radical (unpaired) electrons. The van der Waals surface area contributed by atoms with E-state index in [4.69, 9.17) is 4.42 Å². The molecule has 128 valence electrons. The monoisotopic (exact) mass is 341 g/mol. The molecule has 2 aromatic heterocycles. The van der Waals surface area contributed by atoms with Crippen LogP contribution in [0.2, 0.25) is 0 Å². The van der Waals surface area contributed by atoms with Crippen LogP contribution in [0.5, 0.6) is 0 Å². The second-order valence-corrected chi connectivity index (χ2v) is 6.41. The predicted molar refractivity (Wildman–Crippen MR) is 85.6 cm³/mol. The average Bonchev–Trinajstić information content (AvgIpc) is 3.05. The summed E-state index contributed by atoms with van der Waals surface area (Å²) in [5.74, 6) is -0.444. The maximum atomic E-state index is 14.2. The molecule has 7 nitrogen and oxygen atoms in total. The van der Waals surface area contributed by atoms with Gasteiger partial charge in [0.05, 0.1) is 12.0 Å². The number of nitrogens with zero attached hydrogens (tertiary/aromatic N) is 4.